The molecule has 0 aliphatic rings. The molecule has 0 fully saturated rings. The van der Waals surface area contributed by atoms with Gasteiger partial charge in [0.1, 0.15) is 5.76 Å². The molecule has 0 spiro atoms. The first kappa shape index (κ1) is 13.3. The normalized spacial score (nSPS) is 12.1. The Morgan fingerprint density at radius 1 is 1.80 bits per heavy atom. The SMILES string of the molecule is CC(O)CC(=O)N/N=C/c1ccco1.O. The van der Waals surface area contributed by atoms with E-state index in [1.807, 2.05) is 0 Å². The van der Waals surface area contributed by atoms with Crippen LogP contribution in [0.3, 0.4) is 0 Å². The summed E-state index contributed by atoms with van der Waals surface area (Å²) in [6.45, 7) is 1.54. The summed E-state index contributed by atoms with van der Waals surface area (Å²) in [5, 5.41) is 12.5. The van der Waals surface area contributed by atoms with Crippen LogP contribution in [0.25, 0.3) is 0 Å². The molecular formula is C9H14N2O4. The first-order chi connectivity index (χ1) is 6.68. The molecule has 0 saturated carbocycles. The molecule has 0 aliphatic carbocycles. The maximum Gasteiger partial charge on any atom is 0.242 e. The van der Waals surface area contributed by atoms with Gasteiger partial charge in [-0.1, -0.05) is 0 Å². The van der Waals surface area contributed by atoms with E-state index in [-0.39, 0.29) is 17.8 Å². The molecule has 1 heterocycles. The number of aliphatic hydroxyl groups excluding tert-OH is 1. The number of carbonyl (C=O) groups is 1. The summed E-state index contributed by atoms with van der Waals surface area (Å²) >= 11 is 0. The van der Waals surface area contributed by atoms with E-state index in [1.54, 1.807) is 12.1 Å². The summed E-state index contributed by atoms with van der Waals surface area (Å²) in [4.78, 5) is 11.0. The zero-order chi connectivity index (χ0) is 10.4. The lowest BCUT2D eigenvalue weighted by atomic mass is 10.3. The molecule has 4 N–H and O–H groups in total. The second kappa shape index (κ2) is 6.74. The molecule has 1 atom stereocenters. The first-order valence-electron chi connectivity index (χ1n) is 4.22. The standard InChI is InChI=1S/C9H12N2O3.H2O/c1-7(12)5-9(13)11-10-6-8-3-2-4-14-8;/h2-4,6-7,12H,5H2,1H3,(H,11,13);1H2/b10-6+;. The van der Waals surface area contributed by atoms with Crippen LogP contribution in [0.4, 0.5) is 0 Å². The molecule has 0 aromatic carbocycles. The number of carbonyl (C=O) groups excluding carboxylic acids is 1. The highest BCUT2D eigenvalue weighted by Crippen LogP contribution is 1.94. The Kier molecular flexibility index (Phi) is 6.00. The molecule has 1 aromatic rings. The number of hydrazone groups is 1. The van der Waals surface area contributed by atoms with Gasteiger partial charge in [-0.25, -0.2) is 5.43 Å². The Bertz CT molecular complexity index is 306. The van der Waals surface area contributed by atoms with Gasteiger partial charge in [0.25, 0.3) is 0 Å². The lowest BCUT2D eigenvalue weighted by molar-refractivity contribution is -0.122. The number of nitrogens with zero attached hydrogens (tertiary/aromatic N) is 1. The van der Waals surface area contributed by atoms with Crippen LogP contribution in [-0.4, -0.2) is 28.8 Å². The molecule has 1 aromatic heterocycles. The first-order valence-corrected chi connectivity index (χ1v) is 4.22. The van der Waals surface area contributed by atoms with Crippen molar-refractivity contribution < 1.29 is 19.8 Å². The molecule has 1 rings (SSSR count). The smallest absolute Gasteiger partial charge is 0.242 e. The topological polar surface area (TPSA) is 106 Å². The molecular weight excluding hydrogens is 200 g/mol. The fourth-order valence-corrected chi connectivity index (χ4v) is 0.847. The van der Waals surface area contributed by atoms with Gasteiger partial charge in [0.05, 0.1) is 25.0 Å². The molecule has 1 unspecified atom stereocenters. The van der Waals surface area contributed by atoms with E-state index in [9.17, 15) is 4.79 Å². The largest absolute Gasteiger partial charge is 0.463 e. The van der Waals surface area contributed by atoms with E-state index >= 15 is 0 Å². The van der Waals surface area contributed by atoms with Crippen LogP contribution < -0.4 is 5.43 Å². The maximum absolute atomic E-state index is 11.0. The van der Waals surface area contributed by atoms with Crippen molar-refractivity contribution in [3.05, 3.63) is 24.2 Å². The quantitative estimate of drug-likeness (QED) is 0.529. The number of furan rings is 1. The summed E-state index contributed by atoms with van der Waals surface area (Å²) in [5.41, 5.74) is 2.26. The molecule has 1 amide bonds. The van der Waals surface area contributed by atoms with Gasteiger partial charge in [0, 0.05) is 0 Å². The highest BCUT2D eigenvalue weighted by Gasteiger charge is 2.03. The second-order valence-corrected chi connectivity index (χ2v) is 2.86. The Balaban J connectivity index is 0.00000196. The average Bonchev–Trinajstić information content (AvgIpc) is 2.55. The van der Waals surface area contributed by atoms with Gasteiger partial charge in [-0.15, -0.1) is 0 Å². The average molecular weight is 214 g/mol. The Morgan fingerprint density at radius 3 is 3.07 bits per heavy atom. The summed E-state index contributed by atoms with van der Waals surface area (Å²) in [6, 6.07) is 3.43. The fourth-order valence-electron chi connectivity index (χ4n) is 0.847. The summed E-state index contributed by atoms with van der Waals surface area (Å²) in [7, 11) is 0. The van der Waals surface area contributed by atoms with E-state index in [0.717, 1.165) is 0 Å². The van der Waals surface area contributed by atoms with Crippen LogP contribution in [0.2, 0.25) is 0 Å². The Morgan fingerprint density at radius 2 is 2.53 bits per heavy atom. The maximum atomic E-state index is 11.0. The van der Waals surface area contributed by atoms with Crippen LogP contribution in [0, 0.1) is 0 Å². The molecule has 0 bridgehead atoms. The second-order valence-electron chi connectivity index (χ2n) is 2.86. The Labute approximate surface area is 86.9 Å². The predicted octanol–water partition coefficient (Wildman–Crippen LogP) is -0.324. The molecule has 6 heteroatoms. The number of nitrogens with one attached hydrogen (secondary N) is 1. The summed E-state index contributed by atoms with van der Waals surface area (Å²) < 4.78 is 4.95. The number of aliphatic hydroxyl groups is 1. The van der Waals surface area contributed by atoms with Gasteiger partial charge in [0.2, 0.25) is 5.91 Å². The van der Waals surface area contributed by atoms with Crippen molar-refractivity contribution >= 4 is 12.1 Å². The van der Waals surface area contributed by atoms with Gasteiger partial charge >= 0.3 is 0 Å². The van der Waals surface area contributed by atoms with Crippen LogP contribution in [0.5, 0.6) is 0 Å². The number of hydrogen-bond donors (Lipinski definition) is 2. The molecule has 0 radical (unpaired) electrons. The van der Waals surface area contributed by atoms with Crippen molar-refractivity contribution in [3.63, 3.8) is 0 Å². The monoisotopic (exact) mass is 214 g/mol. The van der Waals surface area contributed by atoms with Crippen LogP contribution in [0.1, 0.15) is 19.1 Å². The van der Waals surface area contributed by atoms with Crippen molar-refractivity contribution in [2.24, 2.45) is 5.10 Å². The minimum atomic E-state index is -0.659. The van der Waals surface area contributed by atoms with Crippen LogP contribution in [0.15, 0.2) is 27.9 Å². The third-order valence-electron chi connectivity index (χ3n) is 1.41. The number of amides is 1. The van der Waals surface area contributed by atoms with Crippen molar-refractivity contribution in [2.75, 3.05) is 0 Å². The van der Waals surface area contributed by atoms with E-state index in [0.29, 0.717) is 5.76 Å². The Hall–Kier alpha value is -1.66. The summed E-state index contributed by atoms with van der Waals surface area (Å²) in [5.74, 6) is 0.227. The van der Waals surface area contributed by atoms with Crippen molar-refractivity contribution in [1.29, 1.82) is 0 Å². The third kappa shape index (κ3) is 5.61. The van der Waals surface area contributed by atoms with Crippen LogP contribution >= 0.6 is 0 Å². The molecule has 6 nitrogen and oxygen atoms in total. The van der Waals surface area contributed by atoms with Gasteiger partial charge < -0.3 is 15.0 Å². The highest BCUT2D eigenvalue weighted by molar-refractivity contribution is 5.80. The van der Waals surface area contributed by atoms with Gasteiger partial charge in [-0.3, -0.25) is 4.79 Å². The van der Waals surface area contributed by atoms with Crippen molar-refractivity contribution in [1.82, 2.24) is 5.43 Å². The van der Waals surface area contributed by atoms with Gasteiger partial charge in [-0.05, 0) is 19.1 Å². The van der Waals surface area contributed by atoms with Crippen LogP contribution in [-0.2, 0) is 4.79 Å². The fraction of sp³-hybridized carbons (Fsp3) is 0.333. The zero-order valence-electron chi connectivity index (χ0n) is 8.30. The molecule has 84 valence electrons. The third-order valence-corrected chi connectivity index (χ3v) is 1.41. The molecule has 0 saturated heterocycles. The van der Waals surface area contributed by atoms with Crippen molar-refractivity contribution in [3.8, 4) is 0 Å². The number of rotatable bonds is 4. The minimum absolute atomic E-state index is 0. The van der Waals surface area contributed by atoms with Gasteiger partial charge in [0.15, 0.2) is 0 Å². The van der Waals surface area contributed by atoms with E-state index in [2.05, 4.69) is 10.5 Å². The molecule has 0 aliphatic heterocycles. The highest BCUT2D eigenvalue weighted by atomic mass is 16.3. The van der Waals surface area contributed by atoms with Gasteiger partial charge in [-0.2, -0.15) is 5.10 Å². The lowest BCUT2D eigenvalue weighted by Crippen LogP contribution is -2.21. The number of hydrogen-bond acceptors (Lipinski definition) is 4. The van der Waals surface area contributed by atoms with E-state index in [1.165, 1.54) is 19.4 Å². The van der Waals surface area contributed by atoms with E-state index in [4.69, 9.17) is 9.52 Å². The van der Waals surface area contributed by atoms with Crippen molar-refractivity contribution in [2.45, 2.75) is 19.4 Å². The predicted molar refractivity (Wildman–Crippen MR) is 54.4 cm³/mol. The zero-order valence-corrected chi connectivity index (χ0v) is 8.30. The molecule has 15 heavy (non-hydrogen) atoms. The summed E-state index contributed by atoms with van der Waals surface area (Å²) in [6.07, 6.45) is 2.28. The minimum Gasteiger partial charge on any atom is -0.463 e. The lowest BCUT2D eigenvalue weighted by Gasteiger charge is -2.00. The van der Waals surface area contributed by atoms with E-state index < -0.39 is 6.10 Å².